The van der Waals surface area contributed by atoms with E-state index in [1.807, 2.05) is 9.47 Å². The Morgan fingerprint density at radius 3 is 2.86 bits per heavy atom. The van der Waals surface area contributed by atoms with Gasteiger partial charge in [-0.15, -0.1) is 10.2 Å². The predicted molar refractivity (Wildman–Crippen MR) is 81.6 cm³/mol. The van der Waals surface area contributed by atoms with E-state index in [4.69, 9.17) is 0 Å². The lowest BCUT2D eigenvalue weighted by Crippen LogP contribution is -2.42. The molecule has 0 saturated heterocycles. The molecule has 0 aliphatic carbocycles. The smallest absolute Gasteiger partial charge is 0.292 e. The monoisotopic (exact) mass is 299 g/mol. The van der Waals surface area contributed by atoms with Crippen LogP contribution in [0, 0.1) is 6.92 Å². The predicted octanol–water partition coefficient (Wildman–Crippen LogP) is 1.94. The molecular weight excluding hydrogens is 278 g/mol. The fourth-order valence-corrected chi connectivity index (χ4v) is 3.69. The van der Waals surface area contributed by atoms with Crippen LogP contribution < -0.4 is 0 Å². The molecule has 0 bridgehead atoms. The number of hydrogen-bond acceptors (Lipinski definition) is 3. The van der Waals surface area contributed by atoms with Crippen molar-refractivity contribution >= 4 is 5.91 Å². The largest absolute Gasteiger partial charge is 0.345 e. The van der Waals surface area contributed by atoms with Gasteiger partial charge in [0.1, 0.15) is 5.82 Å². The second-order valence-corrected chi connectivity index (χ2v) is 6.27. The van der Waals surface area contributed by atoms with Crippen LogP contribution in [0.3, 0.4) is 0 Å². The minimum absolute atomic E-state index is 0.0123. The Morgan fingerprint density at radius 2 is 2.00 bits per heavy atom. The third-order valence-corrected chi connectivity index (χ3v) is 5.00. The quantitative estimate of drug-likeness (QED) is 0.808. The molecule has 1 atom stereocenters. The standard InChI is InChI=1S/C16H21N5O/c1-11-6-7-13-12(2)20(10-9-19(11)13)16(22)15-18-17-14-5-3-4-8-21(14)15/h6-7,12H,3-5,8-10H2,1-2H3. The first-order chi connectivity index (χ1) is 10.7. The summed E-state index contributed by atoms with van der Waals surface area (Å²) < 4.78 is 4.31. The SMILES string of the molecule is Cc1ccc2n1CCN(C(=O)c1nnc3n1CCCC3)C2C. The van der Waals surface area contributed by atoms with Crippen LogP contribution in [0.15, 0.2) is 12.1 Å². The molecule has 0 fully saturated rings. The molecule has 2 aromatic heterocycles. The van der Waals surface area contributed by atoms with Gasteiger partial charge in [0.25, 0.3) is 5.91 Å². The van der Waals surface area contributed by atoms with E-state index in [1.54, 1.807) is 0 Å². The van der Waals surface area contributed by atoms with Crippen molar-refractivity contribution in [2.45, 2.75) is 52.2 Å². The summed E-state index contributed by atoms with van der Waals surface area (Å²) in [7, 11) is 0. The average Bonchev–Trinajstić information content (AvgIpc) is 3.12. The van der Waals surface area contributed by atoms with Crippen LogP contribution in [0.1, 0.15) is 53.6 Å². The van der Waals surface area contributed by atoms with Gasteiger partial charge < -0.3 is 14.0 Å². The highest BCUT2D eigenvalue weighted by atomic mass is 16.2. The van der Waals surface area contributed by atoms with E-state index in [0.717, 1.165) is 44.7 Å². The number of carbonyl (C=O) groups excluding carboxylic acids is 1. The molecule has 22 heavy (non-hydrogen) atoms. The second-order valence-electron chi connectivity index (χ2n) is 6.27. The van der Waals surface area contributed by atoms with Crippen LogP contribution in [-0.2, 0) is 19.5 Å². The van der Waals surface area contributed by atoms with Gasteiger partial charge in [-0.3, -0.25) is 4.79 Å². The Bertz CT molecular complexity index is 729. The van der Waals surface area contributed by atoms with E-state index >= 15 is 0 Å². The molecule has 0 radical (unpaired) electrons. The Hall–Kier alpha value is -2.11. The number of amides is 1. The Kier molecular flexibility index (Phi) is 3.06. The summed E-state index contributed by atoms with van der Waals surface area (Å²) in [6, 6.07) is 4.32. The first-order valence-corrected chi connectivity index (χ1v) is 8.06. The lowest BCUT2D eigenvalue weighted by molar-refractivity contribution is 0.0623. The van der Waals surface area contributed by atoms with E-state index in [1.165, 1.54) is 11.4 Å². The first kappa shape index (κ1) is 13.5. The maximum atomic E-state index is 13.0. The summed E-state index contributed by atoms with van der Waals surface area (Å²) >= 11 is 0. The lowest BCUT2D eigenvalue weighted by atomic mass is 10.1. The third kappa shape index (κ3) is 1.90. The van der Waals surface area contributed by atoms with Crippen molar-refractivity contribution in [2.24, 2.45) is 0 Å². The molecule has 2 aliphatic rings. The van der Waals surface area contributed by atoms with Gasteiger partial charge in [-0.25, -0.2) is 0 Å². The summed E-state index contributed by atoms with van der Waals surface area (Å²) in [5, 5.41) is 8.39. The molecule has 4 heterocycles. The maximum Gasteiger partial charge on any atom is 0.292 e. The molecule has 4 rings (SSSR count). The zero-order chi connectivity index (χ0) is 15.3. The van der Waals surface area contributed by atoms with E-state index in [2.05, 4.69) is 40.7 Å². The fraction of sp³-hybridized carbons (Fsp3) is 0.562. The van der Waals surface area contributed by atoms with Crippen molar-refractivity contribution in [1.82, 2.24) is 24.2 Å². The highest BCUT2D eigenvalue weighted by Crippen LogP contribution is 2.28. The number of rotatable bonds is 1. The Labute approximate surface area is 129 Å². The van der Waals surface area contributed by atoms with Crippen LogP contribution in [0.2, 0.25) is 0 Å². The van der Waals surface area contributed by atoms with E-state index in [0.29, 0.717) is 5.82 Å². The molecule has 0 saturated carbocycles. The van der Waals surface area contributed by atoms with Crippen molar-refractivity contribution in [3.63, 3.8) is 0 Å². The molecule has 116 valence electrons. The summed E-state index contributed by atoms with van der Waals surface area (Å²) in [6.07, 6.45) is 3.17. The normalized spacial score (nSPS) is 20.6. The number of fused-ring (bicyclic) bond motifs is 2. The summed E-state index contributed by atoms with van der Waals surface area (Å²) in [5.74, 6) is 1.48. The minimum atomic E-state index is 0.0123. The summed E-state index contributed by atoms with van der Waals surface area (Å²) in [4.78, 5) is 14.9. The van der Waals surface area contributed by atoms with Gasteiger partial charge in [0.05, 0.1) is 6.04 Å². The fourth-order valence-electron chi connectivity index (χ4n) is 3.69. The van der Waals surface area contributed by atoms with Gasteiger partial charge in [0.15, 0.2) is 0 Å². The van der Waals surface area contributed by atoms with Crippen molar-refractivity contribution < 1.29 is 4.79 Å². The van der Waals surface area contributed by atoms with Crippen molar-refractivity contribution in [3.05, 3.63) is 35.2 Å². The minimum Gasteiger partial charge on any atom is -0.345 e. The molecule has 6 nitrogen and oxygen atoms in total. The van der Waals surface area contributed by atoms with Crippen LogP contribution in [0.5, 0.6) is 0 Å². The number of nitrogens with zero attached hydrogens (tertiary/aromatic N) is 5. The lowest BCUT2D eigenvalue weighted by Gasteiger charge is -2.35. The highest BCUT2D eigenvalue weighted by molar-refractivity contribution is 5.91. The van der Waals surface area contributed by atoms with Crippen LogP contribution >= 0.6 is 0 Å². The molecule has 2 aromatic rings. The van der Waals surface area contributed by atoms with Crippen LogP contribution in [0.25, 0.3) is 0 Å². The van der Waals surface area contributed by atoms with Crippen LogP contribution in [0.4, 0.5) is 0 Å². The van der Waals surface area contributed by atoms with Crippen molar-refractivity contribution in [1.29, 1.82) is 0 Å². The Balaban J connectivity index is 1.65. The molecule has 0 spiro atoms. The average molecular weight is 299 g/mol. The van der Waals surface area contributed by atoms with Crippen LogP contribution in [-0.4, -0.2) is 36.7 Å². The van der Waals surface area contributed by atoms with Crippen molar-refractivity contribution in [3.8, 4) is 0 Å². The van der Waals surface area contributed by atoms with Gasteiger partial charge >= 0.3 is 0 Å². The number of carbonyl (C=O) groups is 1. The summed E-state index contributed by atoms with van der Waals surface area (Å²) in [6.45, 7) is 6.65. The van der Waals surface area contributed by atoms with Gasteiger partial charge in [-0.1, -0.05) is 0 Å². The topological polar surface area (TPSA) is 56.0 Å². The second kappa shape index (κ2) is 4.97. The van der Waals surface area contributed by atoms with E-state index in [9.17, 15) is 4.79 Å². The molecule has 1 unspecified atom stereocenters. The van der Waals surface area contributed by atoms with Gasteiger partial charge in [0, 0.05) is 37.4 Å². The van der Waals surface area contributed by atoms with E-state index in [-0.39, 0.29) is 11.9 Å². The zero-order valence-corrected chi connectivity index (χ0v) is 13.1. The Morgan fingerprint density at radius 1 is 1.14 bits per heavy atom. The van der Waals surface area contributed by atoms with Gasteiger partial charge in [-0.05, 0) is 38.8 Å². The number of aromatic nitrogens is 4. The number of aryl methyl sites for hydroxylation is 2. The molecule has 0 N–H and O–H groups in total. The molecule has 1 amide bonds. The van der Waals surface area contributed by atoms with Gasteiger partial charge in [0.2, 0.25) is 5.82 Å². The third-order valence-electron chi connectivity index (χ3n) is 5.00. The van der Waals surface area contributed by atoms with Gasteiger partial charge in [-0.2, -0.15) is 0 Å². The maximum absolute atomic E-state index is 13.0. The first-order valence-electron chi connectivity index (χ1n) is 8.06. The molecule has 2 aliphatic heterocycles. The number of hydrogen-bond donors (Lipinski definition) is 0. The van der Waals surface area contributed by atoms with Crippen molar-refractivity contribution in [2.75, 3.05) is 6.54 Å². The molecular formula is C16H21N5O. The summed E-state index contributed by atoms with van der Waals surface area (Å²) in [5.41, 5.74) is 2.46. The molecule has 0 aromatic carbocycles. The highest BCUT2D eigenvalue weighted by Gasteiger charge is 2.32. The molecule has 6 heteroatoms. The zero-order valence-electron chi connectivity index (χ0n) is 13.1. The van der Waals surface area contributed by atoms with E-state index < -0.39 is 0 Å².